The average Bonchev–Trinajstić information content (AvgIpc) is 2.46. The van der Waals surface area contributed by atoms with Gasteiger partial charge in [-0.15, -0.1) is 0 Å². The highest BCUT2D eigenvalue weighted by molar-refractivity contribution is 6.31. The number of hydrogen-bond donors (Lipinski definition) is 1. The van der Waals surface area contributed by atoms with Crippen LogP contribution < -0.4 is 5.73 Å². The van der Waals surface area contributed by atoms with E-state index < -0.39 is 0 Å². The number of benzene rings is 1. The Morgan fingerprint density at radius 3 is 2.63 bits per heavy atom. The predicted molar refractivity (Wildman–Crippen MR) is 77.0 cm³/mol. The molecule has 1 aromatic carbocycles. The molecular weight excluding hydrogens is 258 g/mol. The summed E-state index contributed by atoms with van der Waals surface area (Å²) in [6.07, 6.45) is 3.47. The minimum Gasteiger partial charge on any atom is -0.319 e. The zero-order valence-corrected chi connectivity index (χ0v) is 10.9. The third-order valence-corrected chi connectivity index (χ3v) is 3.39. The first-order valence-corrected chi connectivity index (χ1v) is 6.34. The van der Waals surface area contributed by atoms with Crippen LogP contribution in [0.5, 0.6) is 0 Å². The van der Waals surface area contributed by atoms with Gasteiger partial charge in [0.1, 0.15) is 0 Å². The van der Waals surface area contributed by atoms with E-state index in [-0.39, 0.29) is 6.04 Å². The van der Waals surface area contributed by atoms with Crippen LogP contribution >= 0.6 is 11.6 Å². The van der Waals surface area contributed by atoms with E-state index in [0.29, 0.717) is 10.7 Å². The number of hydrogen-bond acceptors (Lipinski definition) is 3. The van der Waals surface area contributed by atoms with E-state index in [9.17, 15) is 0 Å². The van der Waals surface area contributed by atoms with Crippen molar-refractivity contribution in [2.75, 3.05) is 0 Å². The lowest BCUT2D eigenvalue weighted by Crippen LogP contribution is -2.14. The zero-order chi connectivity index (χ0) is 13.2. The molecule has 0 saturated heterocycles. The standard InChI is InChI=1S/C15H12ClN3/c16-12-4-2-8-19-15(12)14(17)11-5-6-13-10(9-11)3-1-7-18-13/h1-9,14H,17H2. The monoisotopic (exact) mass is 269 g/mol. The highest BCUT2D eigenvalue weighted by atomic mass is 35.5. The number of halogens is 1. The van der Waals surface area contributed by atoms with E-state index in [1.807, 2.05) is 30.3 Å². The van der Waals surface area contributed by atoms with Crippen LogP contribution in [-0.4, -0.2) is 9.97 Å². The summed E-state index contributed by atoms with van der Waals surface area (Å²) in [5.41, 5.74) is 8.85. The van der Waals surface area contributed by atoms with Crippen LogP contribution in [0.25, 0.3) is 10.9 Å². The van der Waals surface area contributed by atoms with Gasteiger partial charge in [-0.05, 0) is 35.9 Å². The van der Waals surface area contributed by atoms with Gasteiger partial charge >= 0.3 is 0 Å². The lowest BCUT2D eigenvalue weighted by molar-refractivity contribution is 0.830. The first kappa shape index (κ1) is 12.1. The number of pyridine rings is 2. The Morgan fingerprint density at radius 1 is 1.00 bits per heavy atom. The zero-order valence-electron chi connectivity index (χ0n) is 10.1. The van der Waals surface area contributed by atoms with Crippen molar-refractivity contribution in [2.45, 2.75) is 6.04 Å². The first-order chi connectivity index (χ1) is 9.25. The molecule has 3 nitrogen and oxygen atoms in total. The van der Waals surface area contributed by atoms with Gasteiger partial charge in [0, 0.05) is 17.8 Å². The second-order valence-electron chi connectivity index (χ2n) is 4.30. The number of fused-ring (bicyclic) bond motifs is 1. The molecule has 3 aromatic rings. The summed E-state index contributed by atoms with van der Waals surface area (Å²) in [7, 11) is 0. The number of aromatic nitrogens is 2. The largest absolute Gasteiger partial charge is 0.319 e. The topological polar surface area (TPSA) is 51.8 Å². The van der Waals surface area contributed by atoms with Gasteiger partial charge in [0.05, 0.1) is 22.3 Å². The molecule has 0 aliphatic rings. The van der Waals surface area contributed by atoms with Crippen LogP contribution in [-0.2, 0) is 0 Å². The van der Waals surface area contributed by atoms with Gasteiger partial charge in [-0.3, -0.25) is 9.97 Å². The fourth-order valence-corrected chi connectivity index (χ4v) is 2.31. The maximum absolute atomic E-state index is 6.24. The minimum absolute atomic E-state index is 0.335. The van der Waals surface area contributed by atoms with E-state index in [2.05, 4.69) is 9.97 Å². The van der Waals surface area contributed by atoms with Crippen LogP contribution in [0.1, 0.15) is 17.3 Å². The van der Waals surface area contributed by atoms with Gasteiger partial charge < -0.3 is 5.73 Å². The maximum atomic E-state index is 6.24. The highest BCUT2D eigenvalue weighted by Crippen LogP contribution is 2.26. The van der Waals surface area contributed by atoms with Crippen molar-refractivity contribution in [3.63, 3.8) is 0 Å². The summed E-state index contributed by atoms with van der Waals surface area (Å²) in [4.78, 5) is 8.55. The molecule has 0 spiro atoms. The van der Waals surface area contributed by atoms with Crippen molar-refractivity contribution in [2.24, 2.45) is 5.73 Å². The van der Waals surface area contributed by atoms with Crippen molar-refractivity contribution >= 4 is 22.5 Å². The van der Waals surface area contributed by atoms with E-state index in [1.165, 1.54) is 0 Å². The van der Waals surface area contributed by atoms with Gasteiger partial charge in [-0.1, -0.05) is 23.7 Å². The van der Waals surface area contributed by atoms with Crippen molar-refractivity contribution in [3.05, 3.63) is 71.1 Å². The molecule has 0 amide bonds. The molecule has 0 radical (unpaired) electrons. The molecule has 1 unspecified atom stereocenters. The van der Waals surface area contributed by atoms with Crippen molar-refractivity contribution < 1.29 is 0 Å². The van der Waals surface area contributed by atoms with Gasteiger partial charge in [-0.2, -0.15) is 0 Å². The van der Waals surface area contributed by atoms with Gasteiger partial charge in [0.2, 0.25) is 0 Å². The third kappa shape index (κ3) is 2.30. The van der Waals surface area contributed by atoms with E-state index in [0.717, 1.165) is 16.5 Å². The van der Waals surface area contributed by atoms with Crippen LogP contribution in [0.4, 0.5) is 0 Å². The summed E-state index contributed by atoms with van der Waals surface area (Å²) in [5, 5.41) is 1.64. The second-order valence-corrected chi connectivity index (χ2v) is 4.71. The lowest BCUT2D eigenvalue weighted by atomic mass is 10.0. The van der Waals surface area contributed by atoms with Gasteiger partial charge in [-0.25, -0.2) is 0 Å². The molecule has 2 heterocycles. The molecule has 2 aromatic heterocycles. The Labute approximate surface area is 116 Å². The Hall–Kier alpha value is -1.97. The lowest BCUT2D eigenvalue weighted by Gasteiger charge is -2.13. The molecule has 19 heavy (non-hydrogen) atoms. The van der Waals surface area contributed by atoms with E-state index in [1.54, 1.807) is 24.5 Å². The normalized spacial score (nSPS) is 12.5. The Morgan fingerprint density at radius 2 is 1.79 bits per heavy atom. The molecule has 0 saturated carbocycles. The van der Waals surface area contributed by atoms with Crippen LogP contribution in [0, 0.1) is 0 Å². The molecule has 2 N–H and O–H groups in total. The number of nitrogens with two attached hydrogens (primary N) is 1. The first-order valence-electron chi connectivity index (χ1n) is 5.96. The molecule has 0 aliphatic heterocycles. The molecule has 0 bridgehead atoms. The Kier molecular flexibility index (Phi) is 3.15. The quantitative estimate of drug-likeness (QED) is 0.776. The smallest absolute Gasteiger partial charge is 0.0802 e. The SMILES string of the molecule is NC(c1ccc2ncccc2c1)c1ncccc1Cl. The highest BCUT2D eigenvalue weighted by Gasteiger charge is 2.14. The van der Waals surface area contributed by atoms with Crippen molar-refractivity contribution in [1.82, 2.24) is 9.97 Å². The molecule has 0 fully saturated rings. The number of nitrogens with zero attached hydrogens (tertiary/aromatic N) is 2. The van der Waals surface area contributed by atoms with Crippen LogP contribution in [0.2, 0.25) is 5.02 Å². The van der Waals surface area contributed by atoms with E-state index >= 15 is 0 Å². The maximum Gasteiger partial charge on any atom is 0.0802 e. The molecule has 3 rings (SSSR count). The Bertz CT molecular complexity index is 727. The average molecular weight is 270 g/mol. The summed E-state index contributed by atoms with van der Waals surface area (Å²) >= 11 is 6.13. The molecular formula is C15H12ClN3. The Balaban J connectivity index is 2.07. The number of rotatable bonds is 2. The molecule has 0 aliphatic carbocycles. The summed E-state index contributed by atoms with van der Waals surface area (Å²) in [6, 6.07) is 13.1. The predicted octanol–water partition coefficient (Wildman–Crippen LogP) is 3.33. The molecule has 94 valence electrons. The minimum atomic E-state index is -0.335. The summed E-state index contributed by atoms with van der Waals surface area (Å²) in [6.45, 7) is 0. The van der Waals surface area contributed by atoms with Crippen molar-refractivity contribution in [1.29, 1.82) is 0 Å². The summed E-state index contributed by atoms with van der Waals surface area (Å²) in [5.74, 6) is 0. The molecule has 1 atom stereocenters. The van der Waals surface area contributed by atoms with Crippen molar-refractivity contribution in [3.8, 4) is 0 Å². The van der Waals surface area contributed by atoms with Gasteiger partial charge in [0.25, 0.3) is 0 Å². The van der Waals surface area contributed by atoms with Gasteiger partial charge in [0.15, 0.2) is 0 Å². The summed E-state index contributed by atoms with van der Waals surface area (Å²) < 4.78 is 0. The van der Waals surface area contributed by atoms with Crippen LogP contribution in [0.15, 0.2) is 54.9 Å². The van der Waals surface area contributed by atoms with E-state index in [4.69, 9.17) is 17.3 Å². The second kappa shape index (κ2) is 4.96. The fourth-order valence-electron chi connectivity index (χ4n) is 2.07. The fraction of sp³-hybridized carbons (Fsp3) is 0.0667. The van der Waals surface area contributed by atoms with Crippen LogP contribution in [0.3, 0.4) is 0 Å². The third-order valence-electron chi connectivity index (χ3n) is 3.07. The molecule has 4 heteroatoms.